The highest BCUT2D eigenvalue weighted by atomic mass is 15.3. The number of para-hydroxylation sites is 2. The molecule has 0 amide bonds. The second-order valence-electron chi connectivity index (χ2n) is 8.98. The quantitative estimate of drug-likeness (QED) is 0.661. The zero-order valence-electron chi connectivity index (χ0n) is 18.6. The number of nitrogens with zero attached hydrogens (tertiary/aromatic N) is 5. The lowest BCUT2D eigenvalue weighted by Gasteiger charge is -2.33. The standard InChI is InChI=1S/C24H33N7/c1-16-17(2)27-23-20(26-16)7-5-9-22(23)31-21-8-4-3-6-19(21)29-24(31)28-18-10-13-30(14-11-18)15-12-25/h3-4,6,8,18,22H,5,7,9-15,25H2,1-2H3,(H,28,29). The van der Waals surface area contributed by atoms with Gasteiger partial charge in [0.25, 0.3) is 0 Å². The lowest BCUT2D eigenvalue weighted by Crippen LogP contribution is -2.41. The predicted molar refractivity (Wildman–Crippen MR) is 124 cm³/mol. The molecule has 1 saturated heterocycles. The molecule has 3 heterocycles. The van der Waals surface area contributed by atoms with Gasteiger partial charge in [-0.1, -0.05) is 12.1 Å². The lowest BCUT2D eigenvalue weighted by atomic mass is 9.94. The number of rotatable bonds is 5. The third kappa shape index (κ3) is 3.92. The van der Waals surface area contributed by atoms with Crippen molar-refractivity contribution in [2.24, 2.45) is 5.73 Å². The topological polar surface area (TPSA) is 84.9 Å². The average Bonchev–Trinajstić information content (AvgIpc) is 3.13. The third-order valence-electron chi connectivity index (χ3n) is 6.89. The van der Waals surface area contributed by atoms with Crippen LogP contribution in [0.2, 0.25) is 0 Å². The molecule has 1 aromatic carbocycles. The summed E-state index contributed by atoms with van der Waals surface area (Å²) in [5.74, 6) is 0.969. The zero-order valence-corrected chi connectivity index (χ0v) is 18.6. The summed E-state index contributed by atoms with van der Waals surface area (Å²) in [6.45, 7) is 8.02. The summed E-state index contributed by atoms with van der Waals surface area (Å²) in [4.78, 5) is 17.4. The molecule has 1 unspecified atom stereocenters. The molecule has 0 radical (unpaired) electrons. The van der Waals surface area contributed by atoms with Crippen molar-refractivity contribution in [3.63, 3.8) is 0 Å². The van der Waals surface area contributed by atoms with Crippen LogP contribution in [0, 0.1) is 13.8 Å². The van der Waals surface area contributed by atoms with E-state index >= 15 is 0 Å². The molecule has 7 nitrogen and oxygen atoms in total. The Balaban J connectivity index is 1.51. The molecule has 1 aliphatic carbocycles. The number of imidazole rings is 1. The monoisotopic (exact) mass is 419 g/mol. The van der Waals surface area contributed by atoms with E-state index in [0.29, 0.717) is 6.04 Å². The number of hydrogen-bond acceptors (Lipinski definition) is 6. The fraction of sp³-hybridized carbons (Fsp3) is 0.542. The lowest BCUT2D eigenvalue weighted by molar-refractivity contribution is 0.224. The Labute approximate surface area is 184 Å². The second-order valence-corrected chi connectivity index (χ2v) is 8.98. The number of aryl methyl sites for hydroxylation is 3. The van der Waals surface area contributed by atoms with Gasteiger partial charge in [-0.05, 0) is 58.1 Å². The van der Waals surface area contributed by atoms with E-state index in [1.807, 2.05) is 0 Å². The number of nitrogens with two attached hydrogens (primary N) is 1. The van der Waals surface area contributed by atoms with Crippen LogP contribution < -0.4 is 11.1 Å². The summed E-state index contributed by atoms with van der Waals surface area (Å²) < 4.78 is 2.39. The molecule has 1 aliphatic heterocycles. The number of fused-ring (bicyclic) bond motifs is 2. The van der Waals surface area contributed by atoms with Crippen LogP contribution in [-0.2, 0) is 6.42 Å². The molecule has 7 heteroatoms. The van der Waals surface area contributed by atoms with Crippen molar-refractivity contribution in [3.8, 4) is 0 Å². The number of aromatic nitrogens is 4. The molecular weight excluding hydrogens is 386 g/mol. The fourth-order valence-electron chi connectivity index (χ4n) is 5.10. The van der Waals surface area contributed by atoms with E-state index in [9.17, 15) is 0 Å². The SMILES string of the molecule is Cc1nc2c(nc1C)C(n1c(NC3CCN(CCN)CC3)nc3ccccc31)CCC2. The predicted octanol–water partition coefficient (Wildman–Crippen LogP) is 3.20. The number of anilines is 1. The van der Waals surface area contributed by atoms with Gasteiger partial charge in [-0.2, -0.15) is 0 Å². The van der Waals surface area contributed by atoms with Crippen LogP contribution >= 0.6 is 0 Å². The Bertz CT molecular complexity index is 1070. The average molecular weight is 420 g/mol. The Morgan fingerprint density at radius 1 is 1.03 bits per heavy atom. The maximum Gasteiger partial charge on any atom is 0.204 e. The van der Waals surface area contributed by atoms with Gasteiger partial charge >= 0.3 is 0 Å². The minimum atomic E-state index is 0.169. The van der Waals surface area contributed by atoms with Crippen LogP contribution in [0.5, 0.6) is 0 Å². The Morgan fingerprint density at radius 2 is 1.81 bits per heavy atom. The Morgan fingerprint density at radius 3 is 2.61 bits per heavy atom. The highest BCUT2D eigenvalue weighted by Crippen LogP contribution is 2.36. The maximum atomic E-state index is 5.74. The van der Waals surface area contributed by atoms with Crippen molar-refractivity contribution in [2.75, 3.05) is 31.5 Å². The largest absolute Gasteiger partial charge is 0.353 e. The number of nitrogens with one attached hydrogen (secondary N) is 1. The molecule has 0 spiro atoms. The van der Waals surface area contributed by atoms with Crippen molar-refractivity contribution in [1.82, 2.24) is 24.4 Å². The minimum absolute atomic E-state index is 0.169. The van der Waals surface area contributed by atoms with E-state index in [0.717, 1.165) is 92.5 Å². The van der Waals surface area contributed by atoms with Crippen LogP contribution in [0.1, 0.15) is 54.5 Å². The first-order valence-corrected chi connectivity index (χ1v) is 11.6. The van der Waals surface area contributed by atoms with Gasteiger partial charge in [0.15, 0.2) is 0 Å². The van der Waals surface area contributed by atoms with Crippen molar-refractivity contribution < 1.29 is 0 Å². The van der Waals surface area contributed by atoms with Crippen LogP contribution in [0.4, 0.5) is 5.95 Å². The Hall–Kier alpha value is -2.51. The second kappa shape index (κ2) is 8.55. The van der Waals surface area contributed by atoms with E-state index in [4.69, 9.17) is 20.7 Å². The van der Waals surface area contributed by atoms with Gasteiger partial charge in [-0.3, -0.25) is 9.97 Å². The number of piperidine rings is 1. The molecule has 3 N–H and O–H groups in total. The third-order valence-corrected chi connectivity index (χ3v) is 6.89. The maximum absolute atomic E-state index is 5.74. The van der Waals surface area contributed by atoms with E-state index in [-0.39, 0.29) is 6.04 Å². The number of benzene rings is 1. The molecule has 0 bridgehead atoms. The Kier molecular flexibility index (Phi) is 5.63. The summed E-state index contributed by atoms with van der Waals surface area (Å²) in [6, 6.07) is 9.06. The highest BCUT2D eigenvalue weighted by molar-refractivity contribution is 5.79. The summed E-state index contributed by atoms with van der Waals surface area (Å²) in [5.41, 5.74) is 12.3. The van der Waals surface area contributed by atoms with Crippen LogP contribution in [-0.4, -0.2) is 56.6 Å². The van der Waals surface area contributed by atoms with Crippen molar-refractivity contribution in [3.05, 3.63) is 47.0 Å². The molecule has 164 valence electrons. The van der Waals surface area contributed by atoms with E-state index < -0.39 is 0 Å². The smallest absolute Gasteiger partial charge is 0.204 e. The van der Waals surface area contributed by atoms with E-state index in [1.165, 1.54) is 5.52 Å². The summed E-state index contributed by atoms with van der Waals surface area (Å²) >= 11 is 0. The van der Waals surface area contributed by atoms with Crippen molar-refractivity contribution in [1.29, 1.82) is 0 Å². The first-order chi connectivity index (χ1) is 15.1. The summed E-state index contributed by atoms with van der Waals surface area (Å²) in [7, 11) is 0. The molecule has 3 aromatic rings. The van der Waals surface area contributed by atoms with Gasteiger partial charge in [-0.25, -0.2) is 4.98 Å². The van der Waals surface area contributed by atoms with Crippen molar-refractivity contribution in [2.45, 2.75) is 58.0 Å². The zero-order chi connectivity index (χ0) is 21.4. The molecule has 31 heavy (non-hydrogen) atoms. The van der Waals surface area contributed by atoms with Crippen LogP contribution in [0.3, 0.4) is 0 Å². The summed E-state index contributed by atoms with van der Waals surface area (Å²) in [6.07, 6.45) is 5.42. The van der Waals surface area contributed by atoms with Gasteiger partial charge in [0.05, 0.1) is 39.9 Å². The van der Waals surface area contributed by atoms with Crippen LogP contribution in [0.15, 0.2) is 24.3 Å². The van der Waals surface area contributed by atoms with Gasteiger partial charge in [0, 0.05) is 32.2 Å². The minimum Gasteiger partial charge on any atom is -0.353 e. The molecule has 1 atom stereocenters. The van der Waals surface area contributed by atoms with Gasteiger partial charge in [-0.15, -0.1) is 0 Å². The molecule has 2 aromatic heterocycles. The number of hydrogen-bond donors (Lipinski definition) is 2. The molecule has 0 saturated carbocycles. The molecular formula is C24H33N7. The van der Waals surface area contributed by atoms with Crippen molar-refractivity contribution >= 4 is 17.0 Å². The first-order valence-electron chi connectivity index (χ1n) is 11.6. The van der Waals surface area contributed by atoms with Gasteiger partial charge < -0.3 is 20.5 Å². The van der Waals surface area contributed by atoms with E-state index in [2.05, 4.69) is 52.9 Å². The molecule has 5 rings (SSSR count). The normalized spacial score (nSPS) is 20.2. The highest BCUT2D eigenvalue weighted by Gasteiger charge is 2.30. The van der Waals surface area contributed by atoms with Crippen LogP contribution in [0.25, 0.3) is 11.0 Å². The van der Waals surface area contributed by atoms with E-state index in [1.54, 1.807) is 0 Å². The first kappa shape index (κ1) is 20.4. The summed E-state index contributed by atoms with van der Waals surface area (Å²) in [5, 5.41) is 3.80. The van der Waals surface area contributed by atoms with Gasteiger partial charge in [0.2, 0.25) is 5.95 Å². The molecule has 1 fully saturated rings. The molecule has 2 aliphatic rings. The number of likely N-dealkylation sites (tertiary alicyclic amines) is 1. The fourth-order valence-corrected chi connectivity index (χ4v) is 5.10. The van der Waals surface area contributed by atoms with Gasteiger partial charge in [0.1, 0.15) is 0 Å².